The van der Waals surface area contributed by atoms with Gasteiger partial charge >= 0.3 is 5.97 Å². The van der Waals surface area contributed by atoms with E-state index in [1.54, 1.807) is 26.0 Å². The molecule has 2 rings (SSSR count). The van der Waals surface area contributed by atoms with E-state index in [1.807, 2.05) is 6.07 Å². The average molecular weight is 461 g/mol. The fourth-order valence-corrected chi connectivity index (χ4v) is 3.14. The molecule has 0 fully saturated rings. The van der Waals surface area contributed by atoms with E-state index in [0.717, 1.165) is 0 Å². The lowest BCUT2D eigenvalue weighted by atomic mass is 9.96. The van der Waals surface area contributed by atoms with Gasteiger partial charge in [0.2, 0.25) is 0 Å². The number of nitrogens with zero attached hydrogens (tertiary/aromatic N) is 2. The molecule has 10 heteroatoms. The van der Waals surface area contributed by atoms with E-state index < -0.39 is 11.5 Å². The number of benzene rings is 1. The predicted octanol–water partition coefficient (Wildman–Crippen LogP) is 2.47. The van der Waals surface area contributed by atoms with Crippen LogP contribution in [0.15, 0.2) is 21.4 Å². The van der Waals surface area contributed by atoms with Crippen molar-refractivity contribution < 1.29 is 19.0 Å². The van der Waals surface area contributed by atoms with Gasteiger partial charge in [-0.25, -0.2) is 4.79 Å². The molecule has 0 radical (unpaired) electrons. The van der Waals surface area contributed by atoms with E-state index >= 15 is 0 Å². The van der Waals surface area contributed by atoms with Gasteiger partial charge in [-0.15, -0.1) is 0 Å². The van der Waals surface area contributed by atoms with Crippen LogP contribution in [-0.4, -0.2) is 30.8 Å². The zero-order valence-electron chi connectivity index (χ0n) is 15.7. The van der Waals surface area contributed by atoms with Crippen LogP contribution in [0.1, 0.15) is 25.0 Å². The number of aromatic nitrogens is 1. The van der Waals surface area contributed by atoms with Crippen molar-refractivity contribution in [1.82, 2.24) is 4.98 Å². The number of nitriles is 2. The first-order chi connectivity index (χ1) is 13.9. The minimum absolute atomic E-state index is 0.0457. The third-order valence-electron chi connectivity index (χ3n) is 3.71. The first kappa shape index (κ1) is 21.8. The first-order valence-corrected chi connectivity index (χ1v) is 9.28. The normalized spacial score (nSPS) is 9.97. The number of anilines is 1. The van der Waals surface area contributed by atoms with Crippen LogP contribution in [-0.2, 0) is 9.53 Å². The highest BCUT2D eigenvalue weighted by Crippen LogP contribution is 2.41. The Morgan fingerprint density at radius 1 is 1.17 bits per heavy atom. The number of hydrogen-bond donors (Lipinski definition) is 2. The fraction of sp³-hybridized carbons (Fsp3) is 0.263. The summed E-state index contributed by atoms with van der Waals surface area (Å²) >= 11 is 3.34. The minimum Gasteiger partial charge on any atom is -0.490 e. The van der Waals surface area contributed by atoms with Gasteiger partial charge in [-0.05, 0) is 47.5 Å². The molecular weight excluding hydrogens is 444 g/mol. The molecule has 29 heavy (non-hydrogen) atoms. The molecule has 9 nitrogen and oxygen atoms in total. The maximum absolute atomic E-state index is 12.1. The molecule has 0 saturated heterocycles. The second kappa shape index (κ2) is 9.62. The third-order valence-corrected chi connectivity index (χ3v) is 4.29. The Kier molecular flexibility index (Phi) is 7.23. The lowest BCUT2D eigenvalue weighted by molar-refractivity contribution is -0.145. The predicted molar refractivity (Wildman–Crippen MR) is 107 cm³/mol. The van der Waals surface area contributed by atoms with Crippen molar-refractivity contribution in [3.05, 3.63) is 38.1 Å². The van der Waals surface area contributed by atoms with E-state index in [-0.39, 0.29) is 53.8 Å². The molecule has 0 aliphatic carbocycles. The maximum Gasteiger partial charge on any atom is 0.344 e. The van der Waals surface area contributed by atoms with Gasteiger partial charge in [-0.2, -0.15) is 10.5 Å². The number of nitrogens with one attached hydrogen (secondary N) is 1. The molecule has 1 aromatic heterocycles. The van der Waals surface area contributed by atoms with Crippen LogP contribution >= 0.6 is 15.9 Å². The molecule has 2 aromatic rings. The molecule has 1 aromatic carbocycles. The van der Waals surface area contributed by atoms with Gasteiger partial charge in [0, 0.05) is 5.56 Å². The molecule has 150 valence electrons. The largest absolute Gasteiger partial charge is 0.490 e. The van der Waals surface area contributed by atoms with Crippen LogP contribution in [0.4, 0.5) is 5.82 Å². The number of nitrogen functional groups attached to an aromatic ring is 1. The number of pyridine rings is 1. The monoisotopic (exact) mass is 460 g/mol. The first-order valence-electron chi connectivity index (χ1n) is 8.48. The number of aromatic amines is 1. The van der Waals surface area contributed by atoms with Crippen LogP contribution in [0.3, 0.4) is 0 Å². The highest BCUT2D eigenvalue weighted by atomic mass is 79.9. The molecule has 0 aliphatic rings. The van der Waals surface area contributed by atoms with Gasteiger partial charge in [0.15, 0.2) is 18.1 Å². The van der Waals surface area contributed by atoms with Crippen LogP contribution < -0.4 is 20.8 Å². The topological polar surface area (TPSA) is 151 Å². The second-order valence-corrected chi connectivity index (χ2v) is 6.38. The lowest BCUT2D eigenvalue weighted by Crippen LogP contribution is -2.17. The number of rotatable bonds is 7. The van der Waals surface area contributed by atoms with Crippen molar-refractivity contribution >= 4 is 27.7 Å². The van der Waals surface area contributed by atoms with Gasteiger partial charge in [-0.1, -0.05) is 0 Å². The molecule has 0 unspecified atom stereocenters. The number of H-pyrrole nitrogens is 1. The number of carbonyl (C=O) groups excluding carboxylic acids is 1. The lowest BCUT2D eigenvalue weighted by Gasteiger charge is -2.16. The van der Waals surface area contributed by atoms with Crippen molar-refractivity contribution in [3.63, 3.8) is 0 Å². The van der Waals surface area contributed by atoms with Crippen molar-refractivity contribution in [2.24, 2.45) is 0 Å². The standard InChI is InChI=1S/C19H17BrN4O5/c1-3-27-14-6-10(5-13(20)17(14)29-9-15(25)28-4-2)16-11(7-21)18(23)24-19(26)12(16)8-22/h5-6H,3-4,9H2,1-2H3,(H3,23,24,26). The summed E-state index contributed by atoms with van der Waals surface area (Å²) in [5.74, 6) is -0.221. The summed E-state index contributed by atoms with van der Waals surface area (Å²) < 4.78 is 16.3. The smallest absolute Gasteiger partial charge is 0.344 e. The Balaban J connectivity index is 2.66. The van der Waals surface area contributed by atoms with Crippen molar-refractivity contribution in [1.29, 1.82) is 10.5 Å². The van der Waals surface area contributed by atoms with Gasteiger partial charge in [-0.3, -0.25) is 4.79 Å². The van der Waals surface area contributed by atoms with E-state index in [9.17, 15) is 20.1 Å². The van der Waals surface area contributed by atoms with Crippen LogP contribution in [0, 0.1) is 22.7 Å². The number of nitrogens with two attached hydrogens (primary N) is 1. The molecule has 0 bridgehead atoms. The molecular formula is C19H17BrN4O5. The Hall–Kier alpha value is -3.50. The summed E-state index contributed by atoms with van der Waals surface area (Å²) in [5, 5.41) is 18.9. The summed E-state index contributed by atoms with van der Waals surface area (Å²) in [6.07, 6.45) is 0. The van der Waals surface area contributed by atoms with Crippen molar-refractivity contribution in [3.8, 4) is 34.8 Å². The molecule has 0 saturated carbocycles. The minimum atomic E-state index is -0.712. The van der Waals surface area contributed by atoms with Crippen molar-refractivity contribution in [2.75, 3.05) is 25.6 Å². The summed E-state index contributed by atoms with van der Waals surface area (Å²) in [4.78, 5) is 26.0. The number of halogens is 1. The van der Waals surface area contributed by atoms with Gasteiger partial charge in [0.05, 0.1) is 17.7 Å². The quantitative estimate of drug-likeness (QED) is 0.597. The summed E-state index contributed by atoms with van der Waals surface area (Å²) in [7, 11) is 0. The average Bonchev–Trinajstić information content (AvgIpc) is 2.67. The number of carbonyl (C=O) groups is 1. The Labute approximate surface area is 174 Å². The molecule has 0 aliphatic heterocycles. The second-order valence-electron chi connectivity index (χ2n) is 5.53. The van der Waals surface area contributed by atoms with E-state index in [0.29, 0.717) is 10.0 Å². The van der Waals surface area contributed by atoms with Crippen molar-refractivity contribution in [2.45, 2.75) is 13.8 Å². The van der Waals surface area contributed by atoms with Crippen LogP contribution in [0.25, 0.3) is 11.1 Å². The van der Waals surface area contributed by atoms with Gasteiger partial charge in [0.1, 0.15) is 29.1 Å². The number of esters is 1. The Bertz CT molecular complexity index is 1080. The highest BCUT2D eigenvalue weighted by molar-refractivity contribution is 9.10. The Morgan fingerprint density at radius 3 is 2.45 bits per heavy atom. The van der Waals surface area contributed by atoms with Crippen LogP contribution in [0.2, 0.25) is 0 Å². The fourth-order valence-electron chi connectivity index (χ4n) is 2.58. The third kappa shape index (κ3) is 4.68. The number of hydrogen-bond acceptors (Lipinski definition) is 8. The van der Waals surface area contributed by atoms with E-state index in [1.165, 1.54) is 6.07 Å². The number of ether oxygens (including phenoxy) is 3. The Morgan fingerprint density at radius 2 is 1.86 bits per heavy atom. The maximum atomic E-state index is 12.1. The summed E-state index contributed by atoms with van der Waals surface area (Å²) in [5.41, 5.74) is 5.17. The van der Waals surface area contributed by atoms with E-state index in [4.69, 9.17) is 19.9 Å². The molecule has 3 N–H and O–H groups in total. The van der Waals surface area contributed by atoms with Crippen LogP contribution in [0.5, 0.6) is 11.5 Å². The molecule has 1 heterocycles. The summed E-state index contributed by atoms with van der Waals surface area (Å²) in [6.45, 7) is 3.60. The molecule has 0 spiro atoms. The van der Waals surface area contributed by atoms with Gasteiger partial charge in [0.25, 0.3) is 5.56 Å². The van der Waals surface area contributed by atoms with E-state index in [2.05, 4.69) is 20.9 Å². The zero-order chi connectivity index (χ0) is 21.6. The SMILES string of the molecule is CCOC(=O)COc1c(Br)cc(-c2c(C#N)c(N)[nH]c(=O)c2C#N)cc1OCC. The molecule has 0 atom stereocenters. The summed E-state index contributed by atoms with van der Waals surface area (Å²) in [6, 6.07) is 6.76. The molecule has 0 amide bonds. The highest BCUT2D eigenvalue weighted by Gasteiger charge is 2.22. The zero-order valence-corrected chi connectivity index (χ0v) is 17.3. The van der Waals surface area contributed by atoms with Gasteiger partial charge < -0.3 is 24.9 Å².